The van der Waals surface area contributed by atoms with Crippen molar-refractivity contribution < 1.29 is 9.53 Å². The van der Waals surface area contributed by atoms with Crippen LogP contribution in [0.2, 0.25) is 0 Å². The number of rotatable bonds is 5. The molecule has 1 aliphatic heterocycles. The van der Waals surface area contributed by atoms with Crippen molar-refractivity contribution in [3.63, 3.8) is 0 Å². The van der Waals surface area contributed by atoms with Crippen LogP contribution >= 0.6 is 0 Å². The van der Waals surface area contributed by atoms with Crippen LogP contribution in [0.1, 0.15) is 34.0 Å². The lowest BCUT2D eigenvalue weighted by molar-refractivity contribution is 0.102. The normalized spacial score (nSPS) is 16.2. The minimum atomic E-state index is -0.241. The lowest BCUT2D eigenvalue weighted by Gasteiger charge is -2.08. The topological polar surface area (TPSA) is 102 Å². The van der Waals surface area contributed by atoms with E-state index in [1.165, 1.54) is 5.56 Å². The van der Waals surface area contributed by atoms with Crippen molar-refractivity contribution in [2.24, 2.45) is 10.7 Å². The van der Waals surface area contributed by atoms with Crippen LogP contribution in [0.5, 0.6) is 0 Å². The molecular formula is C18H21N5O2. The van der Waals surface area contributed by atoms with Gasteiger partial charge in [-0.3, -0.25) is 4.79 Å². The minimum absolute atomic E-state index is 0.128. The molecule has 3 N–H and O–H groups in total. The fourth-order valence-corrected chi connectivity index (χ4v) is 2.70. The monoisotopic (exact) mass is 339 g/mol. The van der Waals surface area contributed by atoms with Gasteiger partial charge in [0.15, 0.2) is 0 Å². The zero-order chi connectivity index (χ0) is 17.8. The molecule has 0 bridgehead atoms. The van der Waals surface area contributed by atoms with Gasteiger partial charge in [0.25, 0.3) is 11.9 Å². The van der Waals surface area contributed by atoms with Crippen LogP contribution < -0.4 is 11.1 Å². The third-order valence-electron chi connectivity index (χ3n) is 3.91. The molecule has 1 aromatic carbocycles. The van der Waals surface area contributed by atoms with Gasteiger partial charge in [-0.1, -0.05) is 12.1 Å². The number of amidine groups is 1. The quantitative estimate of drug-likeness (QED) is 0.867. The number of carbonyl (C=O) groups is 1. The molecular weight excluding hydrogens is 318 g/mol. The van der Waals surface area contributed by atoms with Gasteiger partial charge in [0.2, 0.25) is 0 Å². The van der Waals surface area contributed by atoms with E-state index >= 15 is 0 Å². The molecule has 0 spiro atoms. The number of hydrogen-bond donors (Lipinski definition) is 2. The average Bonchev–Trinajstić information content (AvgIpc) is 2.99. The van der Waals surface area contributed by atoms with Gasteiger partial charge in [-0.15, -0.1) is 0 Å². The third-order valence-corrected chi connectivity index (χ3v) is 3.91. The molecule has 3 rings (SSSR count). The minimum Gasteiger partial charge on any atom is -0.463 e. The number of nitrogens with two attached hydrogens (primary N) is 1. The molecule has 0 saturated heterocycles. The maximum Gasteiger partial charge on any atom is 0.282 e. The van der Waals surface area contributed by atoms with Gasteiger partial charge in [0.1, 0.15) is 18.1 Å². The zero-order valence-electron chi connectivity index (χ0n) is 14.3. The van der Waals surface area contributed by atoms with Crippen molar-refractivity contribution in [3.8, 4) is 0 Å². The van der Waals surface area contributed by atoms with Crippen LogP contribution in [0.15, 0.2) is 35.3 Å². The number of ether oxygens (including phenoxy) is 1. The summed E-state index contributed by atoms with van der Waals surface area (Å²) < 4.78 is 5.15. The molecule has 0 aliphatic carbocycles. The van der Waals surface area contributed by atoms with E-state index in [1.54, 1.807) is 13.0 Å². The number of nitrogens with one attached hydrogen (secondary N) is 1. The van der Waals surface area contributed by atoms with Gasteiger partial charge in [0, 0.05) is 11.4 Å². The molecule has 7 nitrogen and oxygen atoms in total. The first-order chi connectivity index (χ1) is 12.0. The molecule has 7 heteroatoms. The molecule has 2 aromatic rings. The number of hydrogen-bond acceptors (Lipinski definition) is 6. The van der Waals surface area contributed by atoms with Gasteiger partial charge in [-0.25, -0.2) is 15.0 Å². The summed E-state index contributed by atoms with van der Waals surface area (Å²) in [6, 6.07) is 9.84. The highest BCUT2D eigenvalue weighted by Gasteiger charge is 2.16. The molecule has 25 heavy (non-hydrogen) atoms. The Morgan fingerprint density at radius 2 is 2.04 bits per heavy atom. The van der Waals surface area contributed by atoms with Crippen molar-refractivity contribution in [1.82, 2.24) is 9.97 Å². The van der Waals surface area contributed by atoms with Gasteiger partial charge in [-0.05, 0) is 50.5 Å². The number of aromatic nitrogens is 2. The van der Waals surface area contributed by atoms with Gasteiger partial charge in [-0.2, -0.15) is 0 Å². The van der Waals surface area contributed by atoms with E-state index in [-0.39, 0.29) is 18.0 Å². The van der Waals surface area contributed by atoms with Crippen molar-refractivity contribution in [2.75, 3.05) is 11.9 Å². The highest BCUT2D eigenvalue weighted by Crippen LogP contribution is 2.15. The number of benzene rings is 1. The lowest BCUT2D eigenvalue weighted by atomic mass is 10.1. The van der Waals surface area contributed by atoms with Crippen LogP contribution in [0.4, 0.5) is 5.69 Å². The second-order valence-corrected chi connectivity index (χ2v) is 6.06. The molecule has 2 heterocycles. The van der Waals surface area contributed by atoms with E-state index in [0.717, 1.165) is 24.2 Å². The summed E-state index contributed by atoms with van der Waals surface area (Å²) in [5.41, 5.74) is 8.55. The molecule has 1 atom stereocenters. The standard InChI is InChI=1S/C18H21N5O2/c1-11-9-16(21-12(2)20-11)17(24)22-14-6-3-13(4-7-14)5-8-15-10-25-18(19)23-15/h3-4,6-7,9,15H,5,8,10H2,1-2H3,(H2,19,23)(H,22,24)/t15-/m0/s1. The Hall–Kier alpha value is -2.96. The number of carbonyl (C=O) groups excluding carboxylic acids is 1. The second kappa shape index (κ2) is 7.29. The fraction of sp³-hybridized carbons (Fsp3) is 0.333. The van der Waals surface area contributed by atoms with Crippen LogP contribution in [0.25, 0.3) is 0 Å². The highest BCUT2D eigenvalue weighted by atomic mass is 16.5. The Morgan fingerprint density at radius 3 is 2.68 bits per heavy atom. The van der Waals surface area contributed by atoms with Crippen LogP contribution in [-0.2, 0) is 11.2 Å². The van der Waals surface area contributed by atoms with Crippen molar-refractivity contribution >= 4 is 17.6 Å². The Labute approximate surface area is 146 Å². The average molecular weight is 339 g/mol. The smallest absolute Gasteiger partial charge is 0.282 e. The van der Waals surface area contributed by atoms with E-state index in [1.807, 2.05) is 31.2 Å². The molecule has 1 aromatic heterocycles. The van der Waals surface area contributed by atoms with E-state index < -0.39 is 0 Å². The van der Waals surface area contributed by atoms with Crippen LogP contribution in [0, 0.1) is 13.8 Å². The predicted octanol–water partition coefficient (Wildman–Crippen LogP) is 1.99. The van der Waals surface area contributed by atoms with E-state index in [4.69, 9.17) is 10.5 Å². The van der Waals surface area contributed by atoms with Crippen molar-refractivity contribution in [1.29, 1.82) is 0 Å². The molecule has 1 amide bonds. The van der Waals surface area contributed by atoms with E-state index in [0.29, 0.717) is 18.1 Å². The van der Waals surface area contributed by atoms with Crippen molar-refractivity contribution in [3.05, 3.63) is 53.1 Å². The van der Waals surface area contributed by atoms with Gasteiger partial charge in [0.05, 0.1) is 6.04 Å². The first-order valence-electron chi connectivity index (χ1n) is 8.18. The lowest BCUT2D eigenvalue weighted by Crippen LogP contribution is -2.15. The van der Waals surface area contributed by atoms with E-state index in [2.05, 4.69) is 20.3 Å². The van der Waals surface area contributed by atoms with Gasteiger partial charge >= 0.3 is 0 Å². The van der Waals surface area contributed by atoms with Crippen molar-refractivity contribution in [2.45, 2.75) is 32.7 Å². The largest absolute Gasteiger partial charge is 0.463 e. The van der Waals surface area contributed by atoms with Crippen LogP contribution in [-0.4, -0.2) is 34.5 Å². The SMILES string of the molecule is Cc1cc(C(=O)Nc2ccc(CC[C@H]3COC(N)=N3)cc2)nc(C)n1. The van der Waals surface area contributed by atoms with Gasteiger partial charge < -0.3 is 15.8 Å². The second-order valence-electron chi connectivity index (χ2n) is 6.06. The Kier molecular flexibility index (Phi) is 4.92. The van der Waals surface area contributed by atoms with Crippen LogP contribution in [0.3, 0.4) is 0 Å². The summed E-state index contributed by atoms with van der Waals surface area (Å²) in [5.74, 6) is 0.342. The summed E-state index contributed by atoms with van der Waals surface area (Å²) in [6.45, 7) is 4.16. The highest BCUT2D eigenvalue weighted by molar-refractivity contribution is 6.02. The molecule has 1 aliphatic rings. The summed E-state index contributed by atoms with van der Waals surface area (Å²) in [6.07, 6.45) is 1.76. The number of anilines is 1. The first kappa shape index (κ1) is 16.9. The zero-order valence-corrected chi connectivity index (χ0v) is 14.3. The Bertz CT molecular complexity index is 781. The Morgan fingerprint density at radius 1 is 1.28 bits per heavy atom. The molecule has 0 fully saturated rings. The third kappa shape index (κ3) is 4.53. The maximum atomic E-state index is 12.3. The fourth-order valence-electron chi connectivity index (χ4n) is 2.70. The van der Waals surface area contributed by atoms with E-state index in [9.17, 15) is 4.79 Å². The summed E-state index contributed by atoms with van der Waals surface area (Å²) in [4.78, 5) is 24.8. The molecule has 0 radical (unpaired) electrons. The summed E-state index contributed by atoms with van der Waals surface area (Å²) in [7, 11) is 0. The number of nitrogens with zero attached hydrogens (tertiary/aromatic N) is 3. The molecule has 0 saturated carbocycles. The summed E-state index contributed by atoms with van der Waals surface area (Å²) in [5, 5.41) is 2.86. The maximum absolute atomic E-state index is 12.3. The summed E-state index contributed by atoms with van der Waals surface area (Å²) >= 11 is 0. The Balaban J connectivity index is 1.57. The first-order valence-corrected chi connectivity index (χ1v) is 8.18. The predicted molar refractivity (Wildman–Crippen MR) is 95.6 cm³/mol. The number of aryl methyl sites for hydroxylation is 3. The molecule has 0 unspecified atom stereocenters. The molecule has 130 valence electrons. The number of amides is 1. The number of aliphatic imine (C=N–C) groups is 1.